The summed E-state index contributed by atoms with van der Waals surface area (Å²) in [5, 5.41) is 9.18. The van der Waals surface area contributed by atoms with E-state index in [-0.39, 0.29) is 23.7 Å². The molecule has 0 saturated carbocycles. The van der Waals surface area contributed by atoms with Crippen LogP contribution in [0.4, 0.5) is 11.4 Å². The number of carbonyl (C=O) groups is 2. The maximum Gasteiger partial charge on any atom is 0.232 e. The first kappa shape index (κ1) is 21.8. The first-order valence-corrected chi connectivity index (χ1v) is 11.5. The number of benzene rings is 2. The molecule has 34 heavy (non-hydrogen) atoms. The SMILES string of the molecule is CC1(C)CN(C(=O)[C@H]2CC(=O)N(c3cccc(C#N)c3)C2)c2ccc(Cc3cccnc3)cc21. The summed E-state index contributed by atoms with van der Waals surface area (Å²) in [5.41, 5.74) is 5.41. The lowest BCUT2D eigenvalue weighted by molar-refractivity contribution is -0.124. The van der Waals surface area contributed by atoms with E-state index in [1.54, 1.807) is 29.3 Å². The van der Waals surface area contributed by atoms with E-state index in [9.17, 15) is 14.9 Å². The van der Waals surface area contributed by atoms with Gasteiger partial charge in [0, 0.05) is 48.7 Å². The second-order valence-electron chi connectivity index (χ2n) is 9.77. The smallest absolute Gasteiger partial charge is 0.232 e. The van der Waals surface area contributed by atoms with Crippen LogP contribution in [-0.2, 0) is 21.4 Å². The summed E-state index contributed by atoms with van der Waals surface area (Å²) in [4.78, 5) is 34.1. The lowest BCUT2D eigenvalue weighted by atomic mass is 9.85. The zero-order valence-corrected chi connectivity index (χ0v) is 19.4. The number of anilines is 2. The van der Waals surface area contributed by atoms with Gasteiger partial charge in [0.1, 0.15) is 0 Å². The summed E-state index contributed by atoms with van der Waals surface area (Å²) in [6, 6.07) is 19.4. The van der Waals surface area contributed by atoms with Gasteiger partial charge >= 0.3 is 0 Å². The minimum Gasteiger partial charge on any atom is -0.312 e. The van der Waals surface area contributed by atoms with Crippen molar-refractivity contribution in [3.8, 4) is 6.07 Å². The van der Waals surface area contributed by atoms with Crippen molar-refractivity contribution < 1.29 is 9.59 Å². The number of nitrogens with zero attached hydrogens (tertiary/aromatic N) is 4. The van der Waals surface area contributed by atoms with Gasteiger partial charge < -0.3 is 9.80 Å². The molecule has 3 heterocycles. The van der Waals surface area contributed by atoms with E-state index in [1.165, 1.54) is 5.56 Å². The molecule has 5 rings (SSSR count). The molecule has 0 radical (unpaired) electrons. The largest absolute Gasteiger partial charge is 0.312 e. The van der Waals surface area contributed by atoms with Gasteiger partial charge in [0.15, 0.2) is 0 Å². The van der Waals surface area contributed by atoms with Gasteiger partial charge in [0.2, 0.25) is 11.8 Å². The molecular weight excluding hydrogens is 424 g/mol. The van der Waals surface area contributed by atoms with Gasteiger partial charge in [0.05, 0.1) is 17.6 Å². The number of hydrogen-bond donors (Lipinski definition) is 0. The highest BCUT2D eigenvalue weighted by Gasteiger charge is 2.43. The third kappa shape index (κ3) is 3.94. The summed E-state index contributed by atoms with van der Waals surface area (Å²) in [6.45, 7) is 5.24. The average Bonchev–Trinajstić information content (AvgIpc) is 3.36. The van der Waals surface area contributed by atoms with Crippen molar-refractivity contribution in [2.45, 2.75) is 32.1 Å². The summed E-state index contributed by atoms with van der Waals surface area (Å²) in [7, 11) is 0. The number of amides is 2. The van der Waals surface area contributed by atoms with Crippen LogP contribution < -0.4 is 9.80 Å². The molecule has 0 spiro atoms. The van der Waals surface area contributed by atoms with E-state index in [0.717, 1.165) is 23.2 Å². The highest BCUT2D eigenvalue weighted by molar-refractivity contribution is 6.05. The molecule has 1 saturated heterocycles. The molecule has 6 heteroatoms. The topological polar surface area (TPSA) is 77.3 Å². The normalized spacial score (nSPS) is 18.6. The van der Waals surface area contributed by atoms with E-state index in [0.29, 0.717) is 24.3 Å². The molecule has 0 aliphatic carbocycles. The van der Waals surface area contributed by atoms with Crippen LogP contribution in [0.1, 0.15) is 42.5 Å². The third-order valence-electron chi connectivity index (χ3n) is 6.79. The van der Waals surface area contributed by atoms with Crippen LogP contribution in [0, 0.1) is 17.2 Å². The van der Waals surface area contributed by atoms with Crippen LogP contribution in [0.2, 0.25) is 0 Å². The van der Waals surface area contributed by atoms with Gasteiger partial charge in [-0.25, -0.2) is 0 Å². The molecule has 170 valence electrons. The Bertz CT molecular complexity index is 1310. The minimum absolute atomic E-state index is 0.0147. The fourth-order valence-electron chi connectivity index (χ4n) is 5.06. The molecule has 6 nitrogen and oxygen atoms in total. The molecule has 1 aromatic heterocycles. The van der Waals surface area contributed by atoms with Gasteiger partial charge in [-0.2, -0.15) is 5.26 Å². The molecule has 2 amide bonds. The number of rotatable bonds is 4. The van der Waals surface area contributed by atoms with Crippen molar-refractivity contribution in [1.82, 2.24) is 4.98 Å². The van der Waals surface area contributed by atoms with Crippen molar-refractivity contribution in [3.05, 3.63) is 89.2 Å². The van der Waals surface area contributed by atoms with Gasteiger partial charge in [-0.15, -0.1) is 0 Å². The van der Waals surface area contributed by atoms with E-state index >= 15 is 0 Å². The van der Waals surface area contributed by atoms with Crippen molar-refractivity contribution in [2.24, 2.45) is 5.92 Å². The molecule has 2 aliphatic rings. The lowest BCUT2D eigenvalue weighted by Gasteiger charge is -2.23. The highest BCUT2D eigenvalue weighted by atomic mass is 16.2. The maximum atomic E-state index is 13.6. The van der Waals surface area contributed by atoms with E-state index in [2.05, 4.69) is 43.1 Å². The minimum atomic E-state index is -0.407. The van der Waals surface area contributed by atoms with E-state index in [1.807, 2.05) is 29.3 Å². The first-order valence-electron chi connectivity index (χ1n) is 11.5. The van der Waals surface area contributed by atoms with Crippen molar-refractivity contribution in [3.63, 3.8) is 0 Å². The summed E-state index contributed by atoms with van der Waals surface area (Å²) < 4.78 is 0. The van der Waals surface area contributed by atoms with Crippen LogP contribution in [0.5, 0.6) is 0 Å². The second kappa shape index (κ2) is 8.42. The lowest BCUT2D eigenvalue weighted by Crippen LogP contribution is -2.39. The maximum absolute atomic E-state index is 13.6. The Kier molecular flexibility index (Phi) is 5.41. The molecule has 1 atom stereocenters. The molecule has 0 N–H and O–H groups in total. The van der Waals surface area contributed by atoms with E-state index in [4.69, 9.17) is 0 Å². The number of nitriles is 1. The number of fused-ring (bicyclic) bond motifs is 1. The fourth-order valence-corrected chi connectivity index (χ4v) is 5.06. The van der Waals surface area contributed by atoms with Crippen LogP contribution in [-0.4, -0.2) is 29.9 Å². The first-order chi connectivity index (χ1) is 16.4. The number of aromatic nitrogens is 1. The second-order valence-corrected chi connectivity index (χ2v) is 9.77. The van der Waals surface area contributed by atoms with Crippen LogP contribution >= 0.6 is 0 Å². The molecule has 0 bridgehead atoms. The summed E-state index contributed by atoms with van der Waals surface area (Å²) >= 11 is 0. The summed E-state index contributed by atoms with van der Waals surface area (Å²) in [6.07, 6.45) is 4.62. The zero-order chi connectivity index (χ0) is 23.9. The molecule has 3 aromatic rings. The average molecular weight is 451 g/mol. The molecular formula is C28H26N4O2. The third-order valence-corrected chi connectivity index (χ3v) is 6.79. The fraction of sp³-hybridized carbons (Fsp3) is 0.286. The molecule has 2 aliphatic heterocycles. The van der Waals surface area contributed by atoms with Crippen molar-refractivity contribution in [1.29, 1.82) is 5.26 Å². The molecule has 2 aromatic carbocycles. The number of carbonyl (C=O) groups excluding carboxylic acids is 2. The van der Waals surface area contributed by atoms with Crippen molar-refractivity contribution in [2.75, 3.05) is 22.9 Å². The Morgan fingerprint density at radius 3 is 2.76 bits per heavy atom. The van der Waals surface area contributed by atoms with E-state index < -0.39 is 5.92 Å². The van der Waals surface area contributed by atoms with Gasteiger partial charge in [-0.05, 0) is 53.4 Å². The monoisotopic (exact) mass is 450 g/mol. The predicted molar refractivity (Wildman–Crippen MR) is 130 cm³/mol. The van der Waals surface area contributed by atoms with Gasteiger partial charge in [0.25, 0.3) is 0 Å². The van der Waals surface area contributed by atoms with Crippen LogP contribution in [0.3, 0.4) is 0 Å². The zero-order valence-electron chi connectivity index (χ0n) is 19.4. The van der Waals surface area contributed by atoms with Gasteiger partial charge in [-0.3, -0.25) is 14.6 Å². The molecule has 1 fully saturated rings. The predicted octanol–water partition coefficient (Wildman–Crippen LogP) is 4.22. The standard InChI is InChI=1S/C28H26N4O2/c1-28(2)18-32(25-9-8-19(13-24(25)28)11-21-6-4-10-30-16-21)27(34)22-14-26(33)31(17-22)23-7-3-5-20(12-23)15-29/h3-10,12-13,16,22H,11,14,17-18H2,1-2H3/t22-/m0/s1. The quantitative estimate of drug-likeness (QED) is 0.596. The Balaban J connectivity index is 1.37. The Hall–Kier alpha value is -3.98. The number of pyridine rings is 1. The molecule has 0 unspecified atom stereocenters. The Labute approximate surface area is 199 Å². The van der Waals surface area contributed by atoms with Crippen LogP contribution in [0.15, 0.2) is 67.0 Å². The highest BCUT2D eigenvalue weighted by Crippen LogP contribution is 2.42. The Morgan fingerprint density at radius 1 is 1.15 bits per heavy atom. The van der Waals surface area contributed by atoms with Crippen LogP contribution in [0.25, 0.3) is 0 Å². The van der Waals surface area contributed by atoms with Crippen molar-refractivity contribution >= 4 is 23.2 Å². The number of hydrogen-bond acceptors (Lipinski definition) is 4. The van der Waals surface area contributed by atoms with Gasteiger partial charge in [-0.1, -0.05) is 38.1 Å². The summed E-state index contributed by atoms with van der Waals surface area (Å²) in [5.74, 6) is -0.506. The Morgan fingerprint density at radius 2 is 2.00 bits per heavy atom.